The lowest BCUT2D eigenvalue weighted by atomic mass is 10.4. The molecule has 2 atom stereocenters. The second-order valence-electron chi connectivity index (χ2n) is 2.88. The third kappa shape index (κ3) is 1.70. The van der Waals surface area contributed by atoms with Gasteiger partial charge in [-0.15, -0.1) is 11.8 Å². The van der Waals surface area contributed by atoms with E-state index in [0.717, 1.165) is 17.0 Å². The molecule has 12 heavy (non-hydrogen) atoms. The first-order chi connectivity index (χ1) is 5.75. The molecule has 2 nitrogen and oxygen atoms in total. The van der Waals surface area contributed by atoms with Crippen LogP contribution in [0.25, 0.3) is 0 Å². The van der Waals surface area contributed by atoms with Gasteiger partial charge in [-0.25, -0.2) is 0 Å². The van der Waals surface area contributed by atoms with Crippen molar-refractivity contribution in [2.75, 3.05) is 6.54 Å². The summed E-state index contributed by atoms with van der Waals surface area (Å²) in [5, 5.41) is 4.40. The highest BCUT2D eigenvalue weighted by Gasteiger charge is 2.24. The molecular weight excluding hydrogens is 238 g/mol. The second-order valence-corrected chi connectivity index (χ2v) is 5.21. The van der Waals surface area contributed by atoms with E-state index in [1.54, 1.807) is 0 Å². The fourth-order valence-electron chi connectivity index (χ4n) is 1.24. The highest BCUT2D eigenvalue weighted by atomic mass is 79.9. The fourth-order valence-corrected chi connectivity index (χ4v) is 2.67. The Balaban J connectivity index is 2.11. The van der Waals surface area contributed by atoms with Crippen LogP contribution in [0.5, 0.6) is 0 Å². The third-order valence-electron chi connectivity index (χ3n) is 1.81. The fraction of sp³-hybridized carbons (Fsp3) is 0.500. The summed E-state index contributed by atoms with van der Waals surface area (Å²) in [7, 11) is 0. The first-order valence-electron chi connectivity index (χ1n) is 3.90. The molecule has 0 radical (unpaired) electrons. The normalized spacial score (nSPS) is 29.5. The van der Waals surface area contributed by atoms with Gasteiger partial charge >= 0.3 is 0 Å². The van der Waals surface area contributed by atoms with Crippen LogP contribution < -0.4 is 5.32 Å². The van der Waals surface area contributed by atoms with E-state index in [-0.39, 0.29) is 0 Å². The van der Waals surface area contributed by atoms with Gasteiger partial charge in [0.2, 0.25) is 0 Å². The maximum atomic E-state index is 5.45. The smallest absolute Gasteiger partial charge is 0.169 e. The molecule has 0 aromatic carbocycles. The number of furan rings is 1. The van der Waals surface area contributed by atoms with Crippen LogP contribution in [-0.2, 0) is 0 Å². The molecule has 1 aromatic heterocycles. The van der Waals surface area contributed by atoms with Gasteiger partial charge in [-0.1, -0.05) is 6.92 Å². The van der Waals surface area contributed by atoms with E-state index in [2.05, 4.69) is 28.2 Å². The van der Waals surface area contributed by atoms with Gasteiger partial charge < -0.3 is 4.42 Å². The number of nitrogens with one attached hydrogen (secondary N) is 1. The maximum Gasteiger partial charge on any atom is 0.169 e. The van der Waals surface area contributed by atoms with Crippen LogP contribution >= 0.6 is 27.7 Å². The lowest BCUT2D eigenvalue weighted by Gasteiger charge is -2.04. The van der Waals surface area contributed by atoms with E-state index in [9.17, 15) is 0 Å². The Morgan fingerprint density at radius 3 is 3.00 bits per heavy atom. The van der Waals surface area contributed by atoms with E-state index in [1.165, 1.54) is 0 Å². The van der Waals surface area contributed by atoms with E-state index >= 15 is 0 Å². The van der Waals surface area contributed by atoms with Gasteiger partial charge in [0.25, 0.3) is 0 Å². The SMILES string of the molecule is CC1CNC(c2ccc(Br)o2)S1. The number of hydrogen-bond acceptors (Lipinski definition) is 3. The summed E-state index contributed by atoms with van der Waals surface area (Å²) in [4.78, 5) is 0. The predicted octanol–water partition coefficient (Wildman–Crippen LogP) is 2.77. The van der Waals surface area contributed by atoms with E-state index in [4.69, 9.17) is 4.42 Å². The molecule has 2 rings (SSSR count). The summed E-state index contributed by atoms with van der Waals surface area (Å²) < 4.78 is 6.25. The monoisotopic (exact) mass is 247 g/mol. The Morgan fingerprint density at radius 2 is 2.50 bits per heavy atom. The summed E-state index contributed by atoms with van der Waals surface area (Å²) in [6.07, 6.45) is 0. The maximum absolute atomic E-state index is 5.45. The number of rotatable bonds is 1. The van der Waals surface area contributed by atoms with Gasteiger partial charge in [0, 0.05) is 11.8 Å². The third-order valence-corrected chi connectivity index (χ3v) is 3.54. The summed E-state index contributed by atoms with van der Waals surface area (Å²) in [5.41, 5.74) is 0. The van der Waals surface area contributed by atoms with Gasteiger partial charge in [-0.05, 0) is 28.1 Å². The van der Waals surface area contributed by atoms with E-state index < -0.39 is 0 Å². The average Bonchev–Trinajstić information content (AvgIpc) is 2.58. The van der Waals surface area contributed by atoms with E-state index in [1.807, 2.05) is 23.9 Å². The zero-order valence-corrected chi connectivity index (χ0v) is 9.11. The molecule has 0 saturated carbocycles. The minimum atomic E-state index is 0.339. The molecule has 0 bridgehead atoms. The molecule has 66 valence electrons. The molecular formula is C8H10BrNOS. The van der Waals surface area contributed by atoms with Crippen molar-refractivity contribution in [1.29, 1.82) is 0 Å². The van der Waals surface area contributed by atoms with Gasteiger partial charge in [0.05, 0.1) is 0 Å². The van der Waals surface area contributed by atoms with Crippen molar-refractivity contribution in [2.45, 2.75) is 17.5 Å². The van der Waals surface area contributed by atoms with Crippen LogP contribution in [0, 0.1) is 0 Å². The zero-order chi connectivity index (χ0) is 8.55. The van der Waals surface area contributed by atoms with Crippen LogP contribution in [0.4, 0.5) is 0 Å². The zero-order valence-electron chi connectivity index (χ0n) is 6.71. The predicted molar refractivity (Wildman–Crippen MR) is 54.2 cm³/mol. The average molecular weight is 248 g/mol. The van der Waals surface area contributed by atoms with Crippen molar-refractivity contribution >= 4 is 27.7 Å². The minimum Gasteiger partial charge on any atom is -0.452 e. The molecule has 2 heterocycles. The second kappa shape index (κ2) is 3.44. The van der Waals surface area contributed by atoms with Gasteiger partial charge in [-0.2, -0.15) is 0 Å². The summed E-state index contributed by atoms with van der Waals surface area (Å²) in [6.45, 7) is 3.28. The summed E-state index contributed by atoms with van der Waals surface area (Å²) >= 11 is 5.20. The Morgan fingerprint density at radius 1 is 1.67 bits per heavy atom. The van der Waals surface area contributed by atoms with Crippen molar-refractivity contribution in [3.8, 4) is 0 Å². The molecule has 1 aromatic rings. The summed E-state index contributed by atoms with van der Waals surface area (Å²) in [5.74, 6) is 1.01. The Hall–Kier alpha value is 0.0700. The molecule has 0 amide bonds. The van der Waals surface area contributed by atoms with Crippen LogP contribution in [-0.4, -0.2) is 11.8 Å². The largest absolute Gasteiger partial charge is 0.452 e. The molecule has 1 N–H and O–H groups in total. The van der Waals surface area contributed by atoms with Crippen LogP contribution in [0.1, 0.15) is 18.1 Å². The lowest BCUT2D eigenvalue weighted by Crippen LogP contribution is -2.13. The number of hydrogen-bond donors (Lipinski definition) is 1. The minimum absolute atomic E-state index is 0.339. The lowest BCUT2D eigenvalue weighted by molar-refractivity contribution is 0.469. The highest BCUT2D eigenvalue weighted by molar-refractivity contribution is 9.10. The van der Waals surface area contributed by atoms with Gasteiger partial charge in [0.15, 0.2) is 4.67 Å². The van der Waals surface area contributed by atoms with Crippen molar-refractivity contribution in [3.63, 3.8) is 0 Å². The Kier molecular flexibility index (Phi) is 2.48. The molecule has 1 fully saturated rings. The quantitative estimate of drug-likeness (QED) is 0.827. The summed E-state index contributed by atoms with van der Waals surface area (Å²) in [6, 6.07) is 3.94. The molecule has 0 aliphatic carbocycles. The molecule has 1 saturated heterocycles. The van der Waals surface area contributed by atoms with Gasteiger partial charge in [-0.3, -0.25) is 5.32 Å². The van der Waals surface area contributed by atoms with E-state index in [0.29, 0.717) is 10.6 Å². The molecule has 1 aliphatic heterocycles. The first-order valence-corrected chi connectivity index (χ1v) is 5.63. The van der Waals surface area contributed by atoms with Crippen molar-refractivity contribution in [3.05, 3.63) is 22.6 Å². The number of thioether (sulfide) groups is 1. The molecule has 4 heteroatoms. The Labute approximate surface area is 84.2 Å². The van der Waals surface area contributed by atoms with Crippen molar-refractivity contribution in [1.82, 2.24) is 5.32 Å². The molecule has 2 unspecified atom stereocenters. The molecule has 0 spiro atoms. The van der Waals surface area contributed by atoms with Crippen molar-refractivity contribution in [2.24, 2.45) is 0 Å². The first kappa shape index (κ1) is 8.66. The van der Waals surface area contributed by atoms with Crippen LogP contribution in [0.15, 0.2) is 21.2 Å². The van der Waals surface area contributed by atoms with Gasteiger partial charge in [0.1, 0.15) is 11.1 Å². The molecule has 1 aliphatic rings. The van der Waals surface area contributed by atoms with Crippen LogP contribution in [0.3, 0.4) is 0 Å². The highest BCUT2D eigenvalue weighted by Crippen LogP contribution is 2.35. The van der Waals surface area contributed by atoms with Crippen LogP contribution in [0.2, 0.25) is 0 Å². The topological polar surface area (TPSA) is 25.2 Å². The Bertz CT molecular complexity index is 276. The number of halogens is 1. The standard InChI is InChI=1S/C8H10BrNOS/c1-5-4-10-8(12-5)6-2-3-7(9)11-6/h2-3,5,8,10H,4H2,1H3. The van der Waals surface area contributed by atoms with Crippen molar-refractivity contribution < 1.29 is 4.42 Å².